The van der Waals surface area contributed by atoms with E-state index in [9.17, 15) is 4.79 Å². The zero-order valence-corrected chi connectivity index (χ0v) is 12.5. The average molecular weight is 340 g/mol. The summed E-state index contributed by atoms with van der Waals surface area (Å²) in [7, 11) is 3.06. The van der Waals surface area contributed by atoms with Crippen LogP contribution < -0.4 is 15.8 Å². The maximum absolute atomic E-state index is 11.7. The number of hydrogen-bond acceptors (Lipinski definition) is 4. The van der Waals surface area contributed by atoms with Gasteiger partial charge in [0.05, 0.1) is 19.4 Å². The molecular formula is C11H16BrClN2O3. The number of amides is 1. The molecule has 18 heavy (non-hydrogen) atoms. The number of hydrogen-bond donors (Lipinski definition) is 2. The lowest BCUT2D eigenvalue weighted by Gasteiger charge is -2.13. The minimum Gasteiger partial charge on any atom is -0.497 e. The van der Waals surface area contributed by atoms with Crippen molar-refractivity contribution in [1.29, 1.82) is 0 Å². The van der Waals surface area contributed by atoms with Crippen LogP contribution in [0.2, 0.25) is 0 Å². The highest BCUT2D eigenvalue weighted by Gasteiger charge is 2.14. The molecule has 7 heteroatoms. The van der Waals surface area contributed by atoms with Gasteiger partial charge < -0.3 is 20.5 Å². The predicted molar refractivity (Wildman–Crippen MR) is 76.4 cm³/mol. The summed E-state index contributed by atoms with van der Waals surface area (Å²) >= 11 is 3.33. The van der Waals surface area contributed by atoms with E-state index in [2.05, 4.69) is 21.2 Å². The number of anilines is 1. The van der Waals surface area contributed by atoms with Gasteiger partial charge in [0.15, 0.2) is 0 Å². The molecule has 5 nitrogen and oxygen atoms in total. The number of nitrogens with one attached hydrogen (secondary N) is 1. The third-order valence-corrected chi connectivity index (χ3v) is 2.81. The summed E-state index contributed by atoms with van der Waals surface area (Å²) in [6.45, 7) is 0.174. The topological polar surface area (TPSA) is 73.6 Å². The second kappa shape index (κ2) is 8.31. The Morgan fingerprint density at radius 2 is 2.17 bits per heavy atom. The first-order valence-electron chi connectivity index (χ1n) is 4.97. The van der Waals surface area contributed by atoms with Crippen LogP contribution >= 0.6 is 28.3 Å². The second-order valence-electron chi connectivity index (χ2n) is 3.40. The van der Waals surface area contributed by atoms with Crippen LogP contribution in [0.5, 0.6) is 5.75 Å². The van der Waals surface area contributed by atoms with Gasteiger partial charge in [-0.05, 0) is 28.1 Å². The summed E-state index contributed by atoms with van der Waals surface area (Å²) in [6.07, 6.45) is 0. The van der Waals surface area contributed by atoms with Gasteiger partial charge in [-0.2, -0.15) is 0 Å². The molecule has 0 aliphatic rings. The van der Waals surface area contributed by atoms with Crippen molar-refractivity contribution in [3.63, 3.8) is 0 Å². The molecule has 0 aliphatic carbocycles. The van der Waals surface area contributed by atoms with E-state index < -0.39 is 6.04 Å². The Balaban J connectivity index is 0.00000289. The first-order chi connectivity index (χ1) is 8.08. The Bertz CT molecular complexity index is 404. The smallest absolute Gasteiger partial charge is 0.243 e. The van der Waals surface area contributed by atoms with Crippen molar-refractivity contribution in [2.24, 2.45) is 5.73 Å². The van der Waals surface area contributed by atoms with Crippen LogP contribution in [0.4, 0.5) is 5.69 Å². The summed E-state index contributed by atoms with van der Waals surface area (Å²) < 4.78 is 10.6. The molecule has 0 saturated carbocycles. The van der Waals surface area contributed by atoms with Gasteiger partial charge in [-0.3, -0.25) is 4.79 Å². The van der Waals surface area contributed by atoms with Gasteiger partial charge in [0.25, 0.3) is 0 Å². The molecule has 0 saturated heterocycles. The van der Waals surface area contributed by atoms with E-state index >= 15 is 0 Å². The summed E-state index contributed by atoms with van der Waals surface area (Å²) in [5, 5.41) is 2.70. The minimum absolute atomic E-state index is 0. The fraction of sp³-hybridized carbons (Fsp3) is 0.364. The van der Waals surface area contributed by atoms with Gasteiger partial charge in [0.2, 0.25) is 5.91 Å². The molecule has 0 aromatic heterocycles. The predicted octanol–water partition coefficient (Wildman–Crippen LogP) is 1.79. The minimum atomic E-state index is -0.696. The Hall–Kier alpha value is -0.820. The molecule has 1 atom stereocenters. The molecule has 0 aliphatic heterocycles. The molecule has 102 valence electrons. The standard InChI is InChI=1S/C11H15BrN2O3.ClH/c1-16-6-9(13)11(15)14-10-5-7(17-2)3-4-8(10)12;/h3-5,9H,6,13H2,1-2H3,(H,14,15);1H. The third-order valence-electron chi connectivity index (χ3n) is 2.11. The van der Waals surface area contributed by atoms with E-state index in [1.54, 1.807) is 25.3 Å². The molecule has 1 unspecified atom stereocenters. The average Bonchev–Trinajstić information content (AvgIpc) is 2.32. The number of carbonyl (C=O) groups excluding carboxylic acids is 1. The van der Waals surface area contributed by atoms with Crippen LogP contribution in [0, 0.1) is 0 Å². The zero-order chi connectivity index (χ0) is 12.8. The van der Waals surface area contributed by atoms with Crippen LogP contribution in [0.15, 0.2) is 22.7 Å². The molecule has 0 radical (unpaired) electrons. The summed E-state index contributed by atoms with van der Waals surface area (Å²) in [6, 6.07) is 4.59. The molecule has 0 spiro atoms. The SMILES string of the molecule is COCC(N)C(=O)Nc1cc(OC)ccc1Br.Cl. The normalized spacial score (nSPS) is 11.3. The van der Waals surface area contributed by atoms with E-state index in [4.69, 9.17) is 15.2 Å². The van der Waals surface area contributed by atoms with E-state index in [0.29, 0.717) is 11.4 Å². The molecule has 1 aromatic rings. The van der Waals surface area contributed by atoms with E-state index in [-0.39, 0.29) is 24.9 Å². The monoisotopic (exact) mass is 338 g/mol. The first kappa shape index (κ1) is 17.2. The maximum Gasteiger partial charge on any atom is 0.243 e. The Morgan fingerprint density at radius 1 is 1.50 bits per heavy atom. The molecule has 0 bridgehead atoms. The molecule has 1 amide bonds. The highest BCUT2D eigenvalue weighted by Crippen LogP contribution is 2.27. The first-order valence-corrected chi connectivity index (χ1v) is 5.76. The fourth-order valence-electron chi connectivity index (χ4n) is 1.21. The number of methoxy groups -OCH3 is 2. The van der Waals surface area contributed by atoms with E-state index in [1.165, 1.54) is 7.11 Å². The van der Waals surface area contributed by atoms with Gasteiger partial charge in [-0.1, -0.05) is 0 Å². The third kappa shape index (κ3) is 4.81. The Morgan fingerprint density at radius 3 is 2.72 bits per heavy atom. The van der Waals surface area contributed by atoms with Crippen LogP contribution in [0.1, 0.15) is 0 Å². The highest BCUT2D eigenvalue weighted by atomic mass is 79.9. The van der Waals surface area contributed by atoms with Crippen molar-refractivity contribution in [1.82, 2.24) is 0 Å². The fourth-order valence-corrected chi connectivity index (χ4v) is 1.55. The quantitative estimate of drug-likeness (QED) is 0.858. The van der Waals surface area contributed by atoms with Gasteiger partial charge in [0.1, 0.15) is 11.8 Å². The van der Waals surface area contributed by atoms with Crippen molar-refractivity contribution < 1.29 is 14.3 Å². The number of ether oxygens (including phenoxy) is 2. The van der Waals surface area contributed by atoms with Crippen molar-refractivity contribution >= 4 is 39.9 Å². The van der Waals surface area contributed by atoms with Crippen molar-refractivity contribution in [3.05, 3.63) is 22.7 Å². The molecular weight excluding hydrogens is 323 g/mol. The molecule has 3 N–H and O–H groups in total. The summed E-state index contributed by atoms with van der Waals surface area (Å²) in [4.78, 5) is 11.7. The number of benzene rings is 1. The van der Waals surface area contributed by atoms with E-state index in [1.807, 2.05) is 0 Å². The van der Waals surface area contributed by atoms with Crippen molar-refractivity contribution in [2.45, 2.75) is 6.04 Å². The number of rotatable bonds is 5. The van der Waals surface area contributed by atoms with Crippen LogP contribution in [0.25, 0.3) is 0 Å². The lowest BCUT2D eigenvalue weighted by molar-refractivity contribution is -0.118. The van der Waals surface area contributed by atoms with Crippen molar-refractivity contribution in [3.8, 4) is 5.75 Å². The summed E-state index contributed by atoms with van der Waals surface area (Å²) in [5.41, 5.74) is 6.22. The Kier molecular flexibility index (Phi) is 7.93. The largest absolute Gasteiger partial charge is 0.497 e. The Labute approximate surface area is 121 Å². The number of halogens is 2. The van der Waals surface area contributed by atoms with Gasteiger partial charge in [-0.15, -0.1) is 12.4 Å². The lowest BCUT2D eigenvalue weighted by Crippen LogP contribution is -2.39. The molecule has 0 heterocycles. The van der Waals surface area contributed by atoms with Gasteiger partial charge in [-0.25, -0.2) is 0 Å². The summed E-state index contributed by atoms with van der Waals surface area (Å²) in [5.74, 6) is 0.351. The highest BCUT2D eigenvalue weighted by molar-refractivity contribution is 9.10. The zero-order valence-electron chi connectivity index (χ0n) is 10.1. The van der Waals surface area contributed by atoms with Crippen LogP contribution in [0.3, 0.4) is 0 Å². The molecule has 1 rings (SSSR count). The van der Waals surface area contributed by atoms with Crippen molar-refractivity contribution in [2.75, 3.05) is 26.1 Å². The molecule has 0 fully saturated rings. The van der Waals surface area contributed by atoms with Crippen LogP contribution in [-0.2, 0) is 9.53 Å². The number of carbonyl (C=O) groups is 1. The van der Waals surface area contributed by atoms with Gasteiger partial charge >= 0.3 is 0 Å². The van der Waals surface area contributed by atoms with E-state index in [0.717, 1.165) is 4.47 Å². The number of nitrogens with two attached hydrogens (primary N) is 1. The van der Waals surface area contributed by atoms with Crippen LogP contribution in [-0.4, -0.2) is 32.8 Å². The maximum atomic E-state index is 11.7. The van der Waals surface area contributed by atoms with Gasteiger partial charge in [0, 0.05) is 17.6 Å². The second-order valence-corrected chi connectivity index (χ2v) is 4.25. The lowest BCUT2D eigenvalue weighted by atomic mass is 10.2. The molecule has 1 aromatic carbocycles.